The first kappa shape index (κ1) is 13.9. The third-order valence-electron chi connectivity index (χ3n) is 2.35. The number of pyridine rings is 1. The maximum absolute atomic E-state index is 10.9. The van der Waals surface area contributed by atoms with Gasteiger partial charge < -0.3 is 11.1 Å². The number of hydrogen-bond acceptors (Lipinski definition) is 5. The van der Waals surface area contributed by atoms with Crippen LogP contribution >= 0.6 is 0 Å². The summed E-state index contributed by atoms with van der Waals surface area (Å²) in [5, 5.41) is 13.6. The largest absolute Gasteiger partial charge is 0.370 e. The van der Waals surface area contributed by atoms with Gasteiger partial charge in [-0.05, 0) is 26.3 Å². The lowest BCUT2D eigenvalue weighted by molar-refractivity contribution is -0.385. The number of anilines is 1. The van der Waals surface area contributed by atoms with Crippen LogP contribution in [-0.2, 0) is 4.79 Å². The third kappa shape index (κ3) is 3.69. The molecular weight excluding hydrogens is 236 g/mol. The Morgan fingerprint density at radius 2 is 2.22 bits per heavy atom. The highest BCUT2D eigenvalue weighted by Crippen LogP contribution is 2.22. The molecule has 0 aliphatic heterocycles. The van der Waals surface area contributed by atoms with Gasteiger partial charge in [-0.15, -0.1) is 0 Å². The summed E-state index contributed by atoms with van der Waals surface area (Å²) < 4.78 is 0. The molecule has 3 N–H and O–H groups in total. The summed E-state index contributed by atoms with van der Waals surface area (Å²) in [7, 11) is 0. The predicted molar refractivity (Wildman–Crippen MR) is 67.1 cm³/mol. The van der Waals surface area contributed by atoms with Gasteiger partial charge in [-0.3, -0.25) is 14.9 Å². The molecule has 0 radical (unpaired) electrons. The summed E-state index contributed by atoms with van der Waals surface area (Å²) in [6, 6.07) is 1.43. The zero-order chi connectivity index (χ0) is 13.9. The molecule has 1 amide bonds. The highest BCUT2D eigenvalue weighted by molar-refractivity contribution is 5.75. The second-order valence-corrected chi connectivity index (χ2v) is 4.77. The van der Waals surface area contributed by atoms with Crippen LogP contribution in [-0.4, -0.2) is 21.4 Å². The Kier molecular flexibility index (Phi) is 3.85. The number of nitro groups is 1. The van der Waals surface area contributed by atoms with Crippen LogP contribution in [0.25, 0.3) is 0 Å². The molecule has 1 aromatic rings. The highest BCUT2D eigenvalue weighted by atomic mass is 16.6. The van der Waals surface area contributed by atoms with E-state index in [4.69, 9.17) is 5.73 Å². The first-order valence-corrected chi connectivity index (χ1v) is 5.39. The predicted octanol–water partition coefficient (Wildman–Crippen LogP) is 1.36. The number of primary amides is 1. The number of aromatic nitrogens is 1. The molecule has 18 heavy (non-hydrogen) atoms. The van der Waals surface area contributed by atoms with Gasteiger partial charge in [0.15, 0.2) is 0 Å². The van der Waals surface area contributed by atoms with Crippen molar-refractivity contribution in [3.05, 3.63) is 27.9 Å². The first-order valence-electron chi connectivity index (χ1n) is 5.39. The molecule has 0 aromatic carbocycles. The zero-order valence-electron chi connectivity index (χ0n) is 10.6. The van der Waals surface area contributed by atoms with Crippen molar-refractivity contribution in [1.29, 1.82) is 0 Å². The minimum absolute atomic E-state index is 0.0641. The molecule has 0 spiro atoms. The summed E-state index contributed by atoms with van der Waals surface area (Å²) in [5.41, 5.74) is 5.17. The second kappa shape index (κ2) is 4.99. The van der Waals surface area contributed by atoms with E-state index in [1.54, 1.807) is 20.8 Å². The molecule has 1 aromatic heterocycles. The van der Waals surface area contributed by atoms with Crippen LogP contribution in [0.2, 0.25) is 0 Å². The first-order chi connectivity index (χ1) is 8.21. The van der Waals surface area contributed by atoms with E-state index in [1.807, 2.05) is 0 Å². The molecule has 0 fully saturated rings. The summed E-state index contributed by atoms with van der Waals surface area (Å²) in [6.45, 7) is 5.32. The van der Waals surface area contributed by atoms with E-state index in [0.717, 1.165) is 0 Å². The molecule has 0 atom stereocenters. The standard InChI is InChI=1S/C11H16N4O3/c1-7-4-8(15(17)18)6-13-10(7)14-11(2,3)5-9(12)16/h4,6H,5H2,1-3H3,(H2,12,16)(H,13,14). The van der Waals surface area contributed by atoms with Crippen LogP contribution < -0.4 is 11.1 Å². The van der Waals surface area contributed by atoms with Crippen LogP contribution in [0.3, 0.4) is 0 Å². The lowest BCUT2D eigenvalue weighted by Gasteiger charge is -2.26. The molecule has 0 unspecified atom stereocenters. The average Bonchev–Trinajstić information content (AvgIpc) is 2.18. The van der Waals surface area contributed by atoms with Gasteiger partial charge in [0.05, 0.1) is 4.92 Å². The smallest absolute Gasteiger partial charge is 0.287 e. The third-order valence-corrected chi connectivity index (χ3v) is 2.35. The van der Waals surface area contributed by atoms with Crippen LogP contribution in [0.1, 0.15) is 25.8 Å². The lowest BCUT2D eigenvalue weighted by Crippen LogP contribution is -2.36. The molecule has 98 valence electrons. The van der Waals surface area contributed by atoms with Gasteiger partial charge in [0.2, 0.25) is 5.91 Å². The van der Waals surface area contributed by atoms with Crippen molar-refractivity contribution in [2.75, 3.05) is 5.32 Å². The van der Waals surface area contributed by atoms with Gasteiger partial charge in [-0.25, -0.2) is 4.98 Å². The molecular formula is C11H16N4O3. The molecule has 0 aliphatic rings. The van der Waals surface area contributed by atoms with Gasteiger partial charge in [-0.1, -0.05) is 0 Å². The monoisotopic (exact) mass is 252 g/mol. The van der Waals surface area contributed by atoms with Crippen molar-refractivity contribution in [3.8, 4) is 0 Å². The van der Waals surface area contributed by atoms with Gasteiger partial charge in [-0.2, -0.15) is 0 Å². The van der Waals surface area contributed by atoms with Gasteiger partial charge in [0.1, 0.15) is 12.0 Å². The van der Waals surface area contributed by atoms with Crippen molar-refractivity contribution in [3.63, 3.8) is 0 Å². The molecule has 7 nitrogen and oxygen atoms in total. The molecule has 0 saturated heterocycles. The Morgan fingerprint density at radius 3 is 2.67 bits per heavy atom. The average molecular weight is 252 g/mol. The van der Waals surface area contributed by atoms with Crippen LogP contribution in [0.4, 0.5) is 11.5 Å². The Bertz CT molecular complexity index is 485. The van der Waals surface area contributed by atoms with Crippen LogP contribution in [0.15, 0.2) is 12.3 Å². The van der Waals surface area contributed by atoms with E-state index in [-0.39, 0.29) is 12.1 Å². The second-order valence-electron chi connectivity index (χ2n) is 4.77. The summed E-state index contributed by atoms with van der Waals surface area (Å²) in [6.07, 6.45) is 1.32. The van der Waals surface area contributed by atoms with Gasteiger partial charge >= 0.3 is 0 Å². The van der Waals surface area contributed by atoms with Crippen molar-refractivity contribution in [2.45, 2.75) is 32.7 Å². The normalized spacial score (nSPS) is 11.1. The van der Waals surface area contributed by atoms with E-state index in [0.29, 0.717) is 11.4 Å². The molecule has 0 saturated carbocycles. The minimum atomic E-state index is -0.556. The van der Waals surface area contributed by atoms with Gasteiger partial charge in [0.25, 0.3) is 5.69 Å². The molecule has 7 heteroatoms. The van der Waals surface area contributed by atoms with E-state index in [9.17, 15) is 14.9 Å². The minimum Gasteiger partial charge on any atom is -0.370 e. The van der Waals surface area contributed by atoms with Crippen molar-refractivity contribution >= 4 is 17.4 Å². The fraction of sp³-hybridized carbons (Fsp3) is 0.455. The topological polar surface area (TPSA) is 111 Å². The number of nitrogens with zero attached hydrogens (tertiary/aromatic N) is 2. The van der Waals surface area contributed by atoms with Crippen molar-refractivity contribution < 1.29 is 9.72 Å². The van der Waals surface area contributed by atoms with E-state index in [2.05, 4.69) is 10.3 Å². The Balaban J connectivity index is 2.92. The molecule has 1 heterocycles. The van der Waals surface area contributed by atoms with E-state index in [1.165, 1.54) is 12.3 Å². The molecule has 0 bridgehead atoms. The van der Waals surface area contributed by atoms with E-state index < -0.39 is 16.4 Å². The Labute approximate surface area is 105 Å². The number of aryl methyl sites for hydroxylation is 1. The lowest BCUT2D eigenvalue weighted by atomic mass is 10.00. The summed E-state index contributed by atoms with van der Waals surface area (Å²) in [5.74, 6) is 0.0823. The maximum Gasteiger partial charge on any atom is 0.287 e. The summed E-state index contributed by atoms with van der Waals surface area (Å²) >= 11 is 0. The summed E-state index contributed by atoms with van der Waals surface area (Å²) in [4.78, 5) is 25.0. The SMILES string of the molecule is Cc1cc([N+](=O)[O-])cnc1NC(C)(C)CC(N)=O. The highest BCUT2D eigenvalue weighted by Gasteiger charge is 2.22. The fourth-order valence-electron chi connectivity index (χ4n) is 1.59. The maximum atomic E-state index is 10.9. The van der Waals surface area contributed by atoms with Crippen molar-refractivity contribution in [2.24, 2.45) is 5.73 Å². The van der Waals surface area contributed by atoms with Gasteiger partial charge in [0, 0.05) is 18.0 Å². The Morgan fingerprint density at radius 1 is 1.61 bits per heavy atom. The number of carbonyl (C=O) groups is 1. The number of amides is 1. The molecule has 1 rings (SSSR count). The number of rotatable bonds is 5. The quantitative estimate of drug-likeness (QED) is 0.607. The number of hydrogen-bond donors (Lipinski definition) is 2. The zero-order valence-corrected chi connectivity index (χ0v) is 10.6. The van der Waals surface area contributed by atoms with Crippen molar-refractivity contribution in [1.82, 2.24) is 4.98 Å². The molecule has 0 aliphatic carbocycles. The fourth-order valence-corrected chi connectivity index (χ4v) is 1.59. The Hall–Kier alpha value is -2.18. The number of carbonyl (C=O) groups excluding carboxylic acids is 1. The van der Waals surface area contributed by atoms with Crippen LogP contribution in [0, 0.1) is 17.0 Å². The number of nitrogens with one attached hydrogen (secondary N) is 1. The van der Waals surface area contributed by atoms with E-state index >= 15 is 0 Å². The van der Waals surface area contributed by atoms with Crippen LogP contribution in [0.5, 0.6) is 0 Å². The number of nitrogens with two attached hydrogens (primary N) is 1.